The van der Waals surface area contributed by atoms with Gasteiger partial charge in [-0.15, -0.1) is 12.4 Å². The maximum absolute atomic E-state index is 5.45. The Morgan fingerprint density at radius 2 is 2.04 bits per heavy atom. The third-order valence-corrected chi connectivity index (χ3v) is 4.01. The Morgan fingerprint density at radius 1 is 1.12 bits per heavy atom. The van der Waals surface area contributed by atoms with E-state index in [9.17, 15) is 0 Å². The van der Waals surface area contributed by atoms with Crippen LogP contribution >= 0.6 is 12.4 Å². The van der Waals surface area contributed by atoms with Crippen LogP contribution in [-0.4, -0.2) is 28.5 Å². The molecule has 0 unspecified atom stereocenters. The summed E-state index contributed by atoms with van der Waals surface area (Å²) in [5.41, 5.74) is 4.40. The van der Waals surface area contributed by atoms with Crippen molar-refractivity contribution in [1.29, 1.82) is 0 Å². The number of aromatic amines is 1. The summed E-state index contributed by atoms with van der Waals surface area (Å²) in [6.07, 6.45) is 6.50. The van der Waals surface area contributed by atoms with Crippen LogP contribution < -0.4 is 14.8 Å². The van der Waals surface area contributed by atoms with Crippen LogP contribution in [-0.2, 0) is 13.0 Å². The van der Waals surface area contributed by atoms with Crippen LogP contribution in [0.2, 0.25) is 0 Å². The Hall–Kier alpha value is -2.57. The molecule has 1 aliphatic rings. The fourth-order valence-corrected chi connectivity index (χ4v) is 2.75. The molecule has 0 atom stereocenters. The third-order valence-electron chi connectivity index (χ3n) is 4.01. The number of halogens is 1. The topological polar surface area (TPSA) is 72.1 Å². The summed E-state index contributed by atoms with van der Waals surface area (Å²) in [7, 11) is 0. The van der Waals surface area contributed by atoms with E-state index >= 15 is 0 Å². The van der Waals surface area contributed by atoms with Gasteiger partial charge in [-0.3, -0.25) is 10.1 Å². The minimum atomic E-state index is 0. The highest BCUT2D eigenvalue weighted by Crippen LogP contribution is 2.36. The third kappa shape index (κ3) is 3.92. The summed E-state index contributed by atoms with van der Waals surface area (Å²) in [4.78, 5) is 4.13. The molecule has 0 fully saturated rings. The van der Waals surface area contributed by atoms with Gasteiger partial charge in [-0.2, -0.15) is 5.10 Å². The van der Waals surface area contributed by atoms with Crippen molar-refractivity contribution in [2.45, 2.75) is 13.0 Å². The van der Waals surface area contributed by atoms with Gasteiger partial charge in [0.05, 0.1) is 11.9 Å². The molecule has 0 radical (unpaired) electrons. The zero-order valence-electron chi connectivity index (χ0n) is 13.6. The second-order valence-corrected chi connectivity index (χ2v) is 5.63. The molecule has 1 aliphatic heterocycles. The first-order valence-corrected chi connectivity index (χ1v) is 7.92. The van der Waals surface area contributed by atoms with Crippen LogP contribution in [0.15, 0.2) is 48.9 Å². The van der Waals surface area contributed by atoms with Crippen molar-refractivity contribution < 1.29 is 9.47 Å². The molecule has 0 amide bonds. The van der Waals surface area contributed by atoms with Gasteiger partial charge in [-0.25, -0.2) is 0 Å². The normalized spacial score (nSPS) is 12.0. The number of hydrogen-bond acceptors (Lipinski definition) is 5. The largest absolute Gasteiger partial charge is 0.454 e. The molecular formula is C18H19ClN4O2. The maximum Gasteiger partial charge on any atom is 0.231 e. The van der Waals surface area contributed by atoms with Gasteiger partial charge in [0.2, 0.25) is 6.79 Å². The lowest BCUT2D eigenvalue weighted by Gasteiger charge is -2.07. The van der Waals surface area contributed by atoms with E-state index in [-0.39, 0.29) is 19.2 Å². The van der Waals surface area contributed by atoms with Crippen LogP contribution in [0.5, 0.6) is 11.5 Å². The number of nitrogens with one attached hydrogen (secondary N) is 2. The summed E-state index contributed by atoms with van der Waals surface area (Å²) in [6, 6.07) is 9.97. The summed E-state index contributed by atoms with van der Waals surface area (Å²) < 4.78 is 10.8. The van der Waals surface area contributed by atoms with E-state index in [1.807, 2.05) is 36.7 Å². The first-order chi connectivity index (χ1) is 11.9. The van der Waals surface area contributed by atoms with Crippen molar-refractivity contribution in [3.63, 3.8) is 0 Å². The Labute approximate surface area is 152 Å². The molecule has 0 bridgehead atoms. The number of ether oxygens (including phenoxy) is 2. The molecule has 0 spiro atoms. The fraction of sp³-hybridized carbons (Fsp3) is 0.222. The number of fused-ring (bicyclic) bond motifs is 1. The first-order valence-electron chi connectivity index (χ1n) is 7.92. The van der Waals surface area contributed by atoms with Gasteiger partial charge in [0.25, 0.3) is 0 Å². The maximum atomic E-state index is 5.45. The monoisotopic (exact) mass is 358 g/mol. The Balaban J connectivity index is 0.00000182. The molecule has 25 heavy (non-hydrogen) atoms. The average Bonchev–Trinajstić information content (AvgIpc) is 3.28. The van der Waals surface area contributed by atoms with Gasteiger partial charge < -0.3 is 14.8 Å². The van der Waals surface area contributed by atoms with Crippen LogP contribution in [0.25, 0.3) is 11.3 Å². The molecule has 3 heterocycles. The van der Waals surface area contributed by atoms with Gasteiger partial charge >= 0.3 is 0 Å². The molecule has 0 aliphatic carbocycles. The molecule has 4 rings (SSSR count). The van der Waals surface area contributed by atoms with Gasteiger partial charge in [-0.1, -0.05) is 6.07 Å². The molecule has 7 heteroatoms. The van der Waals surface area contributed by atoms with Crippen molar-refractivity contribution in [2.75, 3.05) is 13.3 Å². The van der Waals surface area contributed by atoms with Crippen molar-refractivity contribution in [1.82, 2.24) is 20.5 Å². The predicted octanol–water partition coefficient (Wildman–Crippen LogP) is 2.95. The minimum absolute atomic E-state index is 0. The highest BCUT2D eigenvalue weighted by atomic mass is 35.5. The van der Waals surface area contributed by atoms with E-state index in [1.165, 1.54) is 5.56 Å². The molecule has 0 saturated heterocycles. The van der Waals surface area contributed by atoms with E-state index in [0.29, 0.717) is 0 Å². The summed E-state index contributed by atoms with van der Waals surface area (Å²) in [5.74, 6) is 1.56. The first kappa shape index (κ1) is 17.3. The molecule has 130 valence electrons. The predicted molar refractivity (Wildman–Crippen MR) is 97.0 cm³/mol. The highest BCUT2D eigenvalue weighted by Gasteiger charge is 2.16. The number of pyridine rings is 1. The van der Waals surface area contributed by atoms with Crippen LogP contribution in [0, 0.1) is 0 Å². The highest BCUT2D eigenvalue weighted by molar-refractivity contribution is 5.85. The molecular weight excluding hydrogens is 340 g/mol. The lowest BCUT2D eigenvalue weighted by molar-refractivity contribution is 0.174. The number of H-pyrrole nitrogens is 1. The van der Waals surface area contributed by atoms with Crippen LogP contribution in [0.1, 0.15) is 11.1 Å². The van der Waals surface area contributed by atoms with Gasteiger partial charge in [0.1, 0.15) is 0 Å². The van der Waals surface area contributed by atoms with E-state index in [1.54, 1.807) is 6.20 Å². The zero-order chi connectivity index (χ0) is 16.2. The summed E-state index contributed by atoms with van der Waals surface area (Å²) in [5, 5.41) is 10.7. The van der Waals surface area contributed by atoms with E-state index in [4.69, 9.17) is 9.47 Å². The molecule has 0 saturated carbocycles. The van der Waals surface area contributed by atoms with Crippen molar-refractivity contribution >= 4 is 12.4 Å². The average molecular weight is 359 g/mol. The number of benzene rings is 1. The SMILES string of the molecule is Cl.c1cncc(CCNCc2cn[nH]c2-c2ccc3c(c2)OCO3)c1. The van der Waals surface area contributed by atoms with Crippen LogP contribution in [0.4, 0.5) is 0 Å². The van der Waals surface area contributed by atoms with Crippen molar-refractivity contribution in [3.05, 3.63) is 60.0 Å². The smallest absolute Gasteiger partial charge is 0.231 e. The molecule has 2 aromatic heterocycles. The van der Waals surface area contributed by atoms with Crippen molar-refractivity contribution in [3.8, 4) is 22.8 Å². The Morgan fingerprint density at radius 3 is 2.92 bits per heavy atom. The van der Waals surface area contributed by atoms with Gasteiger partial charge in [0, 0.05) is 30.1 Å². The Kier molecular flexibility index (Phi) is 5.53. The molecule has 2 N–H and O–H groups in total. The zero-order valence-corrected chi connectivity index (χ0v) is 14.4. The van der Waals surface area contributed by atoms with Gasteiger partial charge in [-0.05, 0) is 42.8 Å². The second-order valence-electron chi connectivity index (χ2n) is 5.63. The molecule has 6 nitrogen and oxygen atoms in total. The molecule has 1 aromatic carbocycles. The fourth-order valence-electron chi connectivity index (χ4n) is 2.75. The number of rotatable bonds is 6. The number of hydrogen-bond donors (Lipinski definition) is 2. The van der Waals surface area contributed by atoms with Crippen molar-refractivity contribution in [2.24, 2.45) is 0 Å². The molecule has 3 aromatic rings. The van der Waals surface area contributed by atoms with Crippen LogP contribution in [0.3, 0.4) is 0 Å². The van der Waals surface area contributed by atoms with Gasteiger partial charge in [0.15, 0.2) is 11.5 Å². The number of nitrogens with zero attached hydrogens (tertiary/aromatic N) is 2. The minimum Gasteiger partial charge on any atom is -0.454 e. The standard InChI is InChI=1S/C18H18N4O2.ClH/c1-2-13(9-19-6-1)5-7-20-10-15-11-21-22-18(15)14-3-4-16-17(8-14)24-12-23-16;/h1-4,6,8-9,11,20H,5,7,10,12H2,(H,21,22);1H. The number of aromatic nitrogens is 3. The quantitative estimate of drug-likeness (QED) is 0.663. The summed E-state index contributed by atoms with van der Waals surface area (Å²) >= 11 is 0. The van der Waals surface area contributed by atoms with E-state index in [0.717, 1.165) is 47.8 Å². The lowest BCUT2D eigenvalue weighted by atomic mass is 10.1. The second kappa shape index (κ2) is 8.00. The Bertz CT molecular complexity index is 823. The summed E-state index contributed by atoms with van der Waals surface area (Å²) in [6.45, 7) is 1.92. The van der Waals surface area contributed by atoms with E-state index in [2.05, 4.69) is 26.6 Å². The van der Waals surface area contributed by atoms with E-state index < -0.39 is 0 Å². The lowest BCUT2D eigenvalue weighted by Crippen LogP contribution is -2.16.